The summed E-state index contributed by atoms with van der Waals surface area (Å²) in [5, 5.41) is 3.79. The maximum atomic E-state index is 13.9. The SMILES string of the molecule is COc1cc(C(=O)NN2C(=O)c3cc(Br)ccc3NC2c2ccccc2C(F)(F)F)cc(OC)c1OC. The Balaban J connectivity index is 1.80. The second kappa shape index (κ2) is 10.2. The van der Waals surface area contributed by atoms with Gasteiger partial charge in [0.25, 0.3) is 11.8 Å². The first-order chi connectivity index (χ1) is 17.6. The Kier molecular flexibility index (Phi) is 7.21. The Labute approximate surface area is 218 Å². The number of hydrazine groups is 1. The summed E-state index contributed by atoms with van der Waals surface area (Å²) >= 11 is 3.29. The van der Waals surface area contributed by atoms with Crippen LogP contribution in [-0.2, 0) is 6.18 Å². The molecule has 1 atom stereocenters. The summed E-state index contributed by atoms with van der Waals surface area (Å²) in [4.78, 5) is 26.8. The van der Waals surface area contributed by atoms with Crippen molar-refractivity contribution in [1.82, 2.24) is 10.4 Å². The third-order valence-corrected chi connectivity index (χ3v) is 6.18. The summed E-state index contributed by atoms with van der Waals surface area (Å²) in [7, 11) is 4.14. The summed E-state index contributed by atoms with van der Waals surface area (Å²) in [5.74, 6) is -0.889. The standard InChI is InChI=1S/C25H21BrF3N3O5/c1-35-19-10-13(11-20(36-2)21(19)37-3)23(33)31-32-22(15-6-4-5-7-17(15)25(27,28)29)30-18-9-8-14(26)12-16(18)24(32)34/h4-12,22,30H,1-3H3,(H,31,33). The lowest BCUT2D eigenvalue weighted by Crippen LogP contribution is -2.53. The second-order valence-corrected chi connectivity index (χ2v) is 8.77. The molecule has 8 nitrogen and oxygen atoms in total. The Morgan fingerprint density at radius 1 is 1.00 bits per heavy atom. The first-order valence-electron chi connectivity index (χ1n) is 10.8. The summed E-state index contributed by atoms with van der Waals surface area (Å²) in [6.07, 6.45) is -6.07. The largest absolute Gasteiger partial charge is 0.493 e. The quantitative estimate of drug-likeness (QED) is 0.406. The smallest absolute Gasteiger partial charge is 0.416 e. The molecule has 1 aliphatic rings. The molecule has 0 saturated heterocycles. The van der Waals surface area contributed by atoms with Crippen LogP contribution in [0, 0.1) is 0 Å². The number of ether oxygens (including phenoxy) is 3. The number of carbonyl (C=O) groups is 2. The van der Waals surface area contributed by atoms with Gasteiger partial charge in [-0.15, -0.1) is 0 Å². The van der Waals surface area contributed by atoms with Crippen molar-refractivity contribution in [2.45, 2.75) is 12.3 Å². The molecule has 0 saturated carbocycles. The van der Waals surface area contributed by atoms with Crippen molar-refractivity contribution < 1.29 is 37.0 Å². The molecule has 3 aromatic rings. The second-order valence-electron chi connectivity index (χ2n) is 7.85. The maximum Gasteiger partial charge on any atom is 0.416 e. The molecular formula is C25H21BrF3N3O5. The number of amides is 2. The zero-order valence-corrected chi connectivity index (χ0v) is 21.4. The lowest BCUT2D eigenvalue weighted by molar-refractivity contribution is -0.138. The first kappa shape index (κ1) is 26.1. The summed E-state index contributed by atoms with van der Waals surface area (Å²) in [5.41, 5.74) is 1.75. The third-order valence-electron chi connectivity index (χ3n) is 5.69. The van der Waals surface area contributed by atoms with Crippen LogP contribution in [-0.4, -0.2) is 38.2 Å². The van der Waals surface area contributed by atoms with E-state index >= 15 is 0 Å². The van der Waals surface area contributed by atoms with Crippen LogP contribution in [0.1, 0.15) is 38.0 Å². The van der Waals surface area contributed by atoms with Crippen LogP contribution in [0.2, 0.25) is 0 Å². The van der Waals surface area contributed by atoms with Crippen molar-refractivity contribution in [1.29, 1.82) is 0 Å². The average molecular weight is 580 g/mol. The highest BCUT2D eigenvalue weighted by atomic mass is 79.9. The van der Waals surface area contributed by atoms with Crippen molar-refractivity contribution in [3.8, 4) is 17.2 Å². The summed E-state index contributed by atoms with van der Waals surface area (Å²) in [6, 6.07) is 12.3. The predicted molar refractivity (Wildman–Crippen MR) is 132 cm³/mol. The van der Waals surface area contributed by atoms with Crippen molar-refractivity contribution in [3.05, 3.63) is 81.3 Å². The van der Waals surface area contributed by atoms with E-state index in [-0.39, 0.29) is 33.9 Å². The number of hydrogen-bond acceptors (Lipinski definition) is 6. The number of halogens is 4. The number of methoxy groups -OCH3 is 3. The van der Waals surface area contributed by atoms with E-state index in [4.69, 9.17) is 14.2 Å². The highest BCUT2D eigenvalue weighted by Gasteiger charge is 2.41. The molecule has 1 aliphatic heterocycles. The molecule has 0 bridgehead atoms. The molecule has 194 valence electrons. The van der Waals surface area contributed by atoms with E-state index in [9.17, 15) is 22.8 Å². The van der Waals surface area contributed by atoms with Gasteiger partial charge in [-0.1, -0.05) is 34.1 Å². The number of fused-ring (bicyclic) bond motifs is 1. The van der Waals surface area contributed by atoms with E-state index < -0.39 is 29.7 Å². The molecule has 0 spiro atoms. The summed E-state index contributed by atoms with van der Waals surface area (Å²) in [6.45, 7) is 0. The van der Waals surface area contributed by atoms with Gasteiger partial charge in [0.05, 0.1) is 32.5 Å². The van der Waals surface area contributed by atoms with Gasteiger partial charge in [-0.2, -0.15) is 13.2 Å². The molecule has 0 aliphatic carbocycles. The minimum Gasteiger partial charge on any atom is -0.493 e. The van der Waals surface area contributed by atoms with Crippen molar-refractivity contribution in [2.24, 2.45) is 0 Å². The molecule has 3 aromatic carbocycles. The highest BCUT2D eigenvalue weighted by molar-refractivity contribution is 9.10. The molecule has 37 heavy (non-hydrogen) atoms. The Morgan fingerprint density at radius 2 is 1.65 bits per heavy atom. The van der Waals surface area contributed by atoms with E-state index in [0.29, 0.717) is 10.2 Å². The number of anilines is 1. The molecule has 0 fully saturated rings. The number of alkyl halides is 3. The van der Waals surface area contributed by atoms with Crippen LogP contribution in [0.3, 0.4) is 0 Å². The van der Waals surface area contributed by atoms with E-state index in [1.54, 1.807) is 12.1 Å². The fourth-order valence-corrected chi connectivity index (χ4v) is 4.35. The van der Waals surface area contributed by atoms with Crippen LogP contribution < -0.4 is 25.0 Å². The minimum atomic E-state index is -4.70. The zero-order chi connectivity index (χ0) is 26.9. The fourth-order valence-electron chi connectivity index (χ4n) is 3.99. The van der Waals surface area contributed by atoms with Gasteiger partial charge in [-0.05, 0) is 36.4 Å². The lowest BCUT2D eigenvalue weighted by Gasteiger charge is -2.38. The van der Waals surface area contributed by atoms with Gasteiger partial charge in [0.2, 0.25) is 5.75 Å². The topological polar surface area (TPSA) is 89.1 Å². The molecule has 0 radical (unpaired) electrons. The van der Waals surface area contributed by atoms with Gasteiger partial charge in [-0.3, -0.25) is 15.0 Å². The van der Waals surface area contributed by atoms with Gasteiger partial charge in [-0.25, -0.2) is 5.01 Å². The number of hydrogen-bond donors (Lipinski definition) is 2. The first-order valence-corrected chi connectivity index (χ1v) is 11.5. The number of rotatable bonds is 6. The normalized spacial score (nSPS) is 14.9. The Hall–Kier alpha value is -3.93. The van der Waals surface area contributed by atoms with Gasteiger partial charge >= 0.3 is 6.18 Å². The molecule has 1 unspecified atom stereocenters. The van der Waals surface area contributed by atoms with Crippen LogP contribution in [0.4, 0.5) is 18.9 Å². The van der Waals surface area contributed by atoms with Gasteiger partial charge < -0.3 is 19.5 Å². The van der Waals surface area contributed by atoms with Gasteiger partial charge in [0.15, 0.2) is 11.5 Å². The monoisotopic (exact) mass is 579 g/mol. The maximum absolute atomic E-state index is 13.9. The van der Waals surface area contributed by atoms with Crippen molar-refractivity contribution >= 4 is 33.4 Å². The third kappa shape index (κ3) is 5.01. The number of carbonyl (C=O) groups excluding carboxylic acids is 2. The fraction of sp³-hybridized carbons (Fsp3) is 0.200. The number of nitrogens with one attached hydrogen (secondary N) is 2. The molecule has 2 N–H and O–H groups in total. The molecule has 4 rings (SSSR count). The predicted octanol–water partition coefficient (Wildman–Crippen LogP) is 5.41. The molecule has 0 aromatic heterocycles. The van der Waals surface area contributed by atoms with Crippen LogP contribution in [0.25, 0.3) is 0 Å². The zero-order valence-electron chi connectivity index (χ0n) is 19.8. The molecule has 1 heterocycles. The Morgan fingerprint density at radius 3 is 2.24 bits per heavy atom. The minimum absolute atomic E-state index is 0.0187. The van der Waals surface area contributed by atoms with E-state index in [1.807, 2.05) is 0 Å². The molecule has 2 amide bonds. The van der Waals surface area contributed by atoms with E-state index in [0.717, 1.165) is 11.1 Å². The summed E-state index contributed by atoms with van der Waals surface area (Å²) < 4.78 is 58.0. The Bertz CT molecular complexity index is 1340. The van der Waals surface area contributed by atoms with Crippen molar-refractivity contribution in [3.63, 3.8) is 0 Å². The number of benzene rings is 3. The van der Waals surface area contributed by atoms with Crippen LogP contribution >= 0.6 is 15.9 Å². The lowest BCUT2D eigenvalue weighted by atomic mass is 10.0. The van der Waals surface area contributed by atoms with Crippen LogP contribution in [0.15, 0.2) is 59.1 Å². The van der Waals surface area contributed by atoms with Crippen molar-refractivity contribution in [2.75, 3.05) is 26.6 Å². The van der Waals surface area contributed by atoms with Crippen LogP contribution in [0.5, 0.6) is 17.2 Å². The van der Waals surface area contributed by atoms with Gasteiger partial charge in [0, 0.05) is 21.3 Å². The van der Waals surface area contributed by atoms with E-state index in [2.05, 4.69) is 26.7 Å². The average Bonchev–Trinajstić information content (AvgIpc) is 2.88. The van der Waals surface area contributed by atoms with Gasteiger partial charge in [0.1, 0.15) is 6.17 Å². The number of nitrogens with zero attached hydrogens (tertiary/aromatic N) is 1. The highest BCUT2D eigenvalue weighted by Crippen LogP contribution is 2.41. The van der Waals surface area contributed by atoms with E-state index in [1.165, 1.54) is 57.7 Å². The molecular weight excluding hydrogens is 559 g/mol. The molecule has 12 heteroatoms.